The van der Waals surface area contributed by atoms with Crippen molar-refractivity contribution in [1.82, 2.24) is 10.6 Å². The molecule has 0 aromatic carbocycles. The quantitative estimate of drug-likeness (QED) is 0.767. The van der Waals surface area contributed by atoms with Crippen LogP contribution in [0.4, 0.5) is 0 Å². The topological polar surface area (TPSA) is 24.1 Å². The molecule has 0 atom stereocenters. The van der Waals surface area contributed by atoms with Crippen molar-refractivity contribution in [2.45, 2.75) is 64.3 Å². The average molecular weight is 224 g/mol. The highest BCUT2D eigenvalue weighted by atomic mass is 14.9. The number of hydrogen-bond acceptors (Lipinski definition) is 2. The lowest BCUT2D eigenvalue weighted by atomic mass is 9.76. The molecule has 0 aromatic heterocycles. The Hall–Kier alpha value is -0.0800. The Labute approximate surface area is 101 Å². The third-order valence-electron chi connectivity index (χ3n) is 4.79. The number of piperidine rings is 1. The molecule has 2 heteroatoms. The van der Waals surface area contributed by atoms with Gasteiger partial charge in [-0.05, 0) is 50.6 Å². The fourth-order valence-corrected chi connectivity index (χ4v) is 3.28. The second-order valence-corrected chi connectivity index (χ2v) is 5.82. The first-order valence-electron chi connectivity index (χ1n) is 7.29. The first kappa shape index (κ1) is 12.4. The lowest BCUT2D eigenvalue weighted by Gasteiger charge is -2.39. The molecule has 0 unspecified atom stereocenters. The maximum atomic E-state index is 3.86. The Balaban J connectivity index is 1.77. The molecule has 0 spiro atoms. The summed E-state index contributed by atoms with van der Waals surface area (Å²) in [6.45, 7) is 6.07. The molecule has 1 aliphatic carbocycles. The summed E-state index contributed by atoms with van der Waals surface area (Å²) < 4.78 is 0. The minimum absolute atomic E-state index is 0.600. The normalized spacial score (nSPS) is 26.8. The molecule has 1 saturated heterocycles. The van der Waals surface area contributed by atoms with Gasteiger partial charge < -0.3 is 10.6 Å². The van der Waals surface area contributed by atoms with Crippen molar-refractivity contribution in [3.63, 3.8) is 0 Å². The van der Waals surface area contributed by atoms with E-state index in [1.165, 1.54) is 71.0 Å². The Bertz CT molecular complexity index is 191. The van der Waals surface area contributed by atoms with Gasteiger partial charge in [-0.25, -0.2) is 0 Å². The summed E-state index contributed by atoms with van der Waals surface area (Å²) in [5.41, 5.74) is 0.600. The van der Waals surface area contributed by atoms with Crippen molar-refractivity contribution in [1.29, 1.82) is 0 Å². The fraction of sp³-hybridized carbons (Fsp3) is 1.00. The summed E-state index contributed by atoms with van der Waals surface area (Å²) in [6, 6.07) is 0.826. The van der Waals surface area contributed by atoms with Crippen LogP contribution in [0.2, 0.25) is 0 Å². The molecule has 0 radical (unpaired) electrons. The Morgan fingerprint density at radius 1 is 1.12 bits per heavy atom. The van der Waals surface area contributed by atoms with Crippen molar-refractivity contribution in [2.24, 2.45) is 5.41 Å². The highest BCUT2D eigenvalue weighted by Crippen LogP contribution is 2.32. The van der Waals surface area contributed by atoms with Crippen LogP contribution in [0, 0.1) is 5.41 Å². The number of nitrogens with one attached hydrogen (secondary N) is 2. The highest BCUT2D eigenvalue weighted by molar-refractivity contribution is 4.87. The van der Waals surface area contributed by atoms with E-state index in [1.807, 2.05) is 0 Å². The minimum atomic E-state index is 0.600. The summed E-state index contributed by atoms with van der Waals surface area (Å²) in [5, 5.41) is 7.34. The van der Waals surface area contributed by atoms with Crippen LogP contribution < -0.4 is 10.6 Å². The lowest BCUT2D eigenvalue weighted by Crippen LogP contribution is -2.45. The summed E-state index contributed by atoms with van der Waals surface area (Å²) in [7, 11) is 0. The van der Waals surface area contributed by atoms with Crippen molar-refractivity contribution in [2.75, 3.05) is 19.6 Å². The van der Waals surface area contributed by atoms with Crippen molar-refractivity contribution in [3.05, 3.63) is 0 Å². The van der Waals surface area contributed by atoms with E-state index < -0.39 is 0 Å². The molecule has 2 nitrogen and oxygen atoms in total. The minimum Gasteiger partial charge on any atom is -0.317 e. The molecule has 16 heavy (non-hydrogen) atoms. The molecular weight excluding hydrogens is 196 g/mol. The van der Waals surface area contributed by atoms with Crippen LogP contribution in [0.5, 0.6) is 0 Å². The summed E-state index contributed by atoms with van der Waals surface area (Å²) in [4.78, 5) is 0. The van der Waals surface area contributed by atoms with Crippen LogP contribution in [0.15, 0.2) is 0 Å². The standard InChI is InChI=1S/C14H28N2/c1-2-14(8-10-15-11-9-14)12-16-13-6-4-3-5-7-13/h13,15-16H,2-12H2,1H3. The fourth-order valence-electron chi connectivity index (χ4n) is 3.28. The van der Waals surface area contributed by atoms with Crippen LogP contribution in [0.1, 0.15) is 58.3 Å². The molecule has 1 saturated carbocycles. The van der Waals surface area contributed by atoms with E-state index in [2.05, 4.69) is 17.6 Å². The Morgan fingerprint density at radius 3 is 2.44 bits per heavy atom. The first-order valence-corrected chi connectivity index (χ1v) is 7.29. The molecule has 0 aromatic rings. The molecular formula is C14H28N2. The van der Waals surface area contributed by atoms with Crippen LogP contribution in [-0.4, -0.2) is 25.7 Å². The van der Waals surface area contributed by atoms with Gasteiger partial charge in [-0.3, -0.25) is 0 Å². The SMILES string of the molecule is CCC1(CNC2CCCCC2)CCNCC1. The zero-order valence-corrected chi connectivity index (χ0v) is 10.9. The summed E-state index contributed by atoms with van der Waals surface area (Å²) >= 11 is 0. The van der Waals surface area contributed by atoms with Gasteiger partial charge >= 0.3 is 0 Å². The van der Waals surface area contributed by atoms with Crippen molar-refractivity contribution < 1.29 is 0 Å². The van der Waals surface area contributed by atoms with Crippen LogP contribution >= 0.6 is 0 Å². The third-order valence-corrected chi connectivity index (χ3v) is 4.79. The van der Waals surface area contributed by atoms with Gasteiger partial charge in [0.05, 0.1) is 0 Å². The summed E-state index contributed by atoms with van der Waals surface area (Å²) in [6.07, 6.45) is 11.2. The maximum absolute atomic E-state index is 3.86. The van der Waals surface area contributed by atoms with Gasteiger partial charge in [0.25, 0.3) is 0 Å². The molecule has 0 bridgehead atoms. The molecule has 2 N–H and O–H groups in total. The smallest absolute Gasteiger partial charge is 0.00672 e. The zero-order chi connectivity index (χ0) is 11.3. The Morgan fingerprint density at radius 2 is 1.81 bits per heavy atom. The molecule has 1 heterocycles. The summed E-state index contributed by atoms with van der Waals surface area (Å²) in [5.74, 6) is 0. The van der Waals surface area contributed by atoms with E-state index in [9.17, 15) is 0 Å². The average Bonchev–Trinajstić information content (AvgIpc) is 2.39. The van der Waals surface area contributed by atoms with Crippen LogP contribution in [0.25, 0.3) is 0 Å². The first-order chi connectivity index (χ1) is 7.85. The van der Waals surface area contributed by atoms with E-state index in [0.29, 0.717) is 5.41 Å². The van der Waals surface area contributed by atoms with Gasteiger partial charge in [0, 0.05) is 12.6 Å². The predicted octanol–water partition coefficient (Wildman–Crippen LogP) is 2.69. The van der Waals surface area contributed by atoms with Crippen LogP contribution in [0.3, 0.4) is 0 Å². The van der Waals surface area contributed by atoms with Crippen LogP contribution in [-0.2, 0) is 0 Å². The molecule has 2 rings (SSSR count). The second-order valence-electron chi connectivity index (χ2n) is 5.82. The monoisotopic (exact) mass is 224 g/mol. The van der Waals surface area contributed by atoms with Gasteiger partial charge in [0.15, 0.2) is 0 Å². The van der Waals surface area contributed by atoms with E-state index >= 15 is 0 Å². The zero-order valence-electron chi connectivity index (χ0n) is 10.9. The van der Waals surface area contributed by atoms with Gasteiger partial charge in [0.2, 0.25) is 0 Å². The van der Waals surface area contributed by atoms with E-state index in [1.54, 1.807) is 0 Å². The largest absolute Gasteiger partial charge is 0.317 e. The van der Waals surface area contributed by atoms with Gasteiger partial charge in [-0.1, -0.05) is 26.2 Å². The molecule has 94 valence electrons. The van der Waals surface area contributed by atoms with Crippen molar-refractivity contribution >= 4 is 0 Å². The second kappa shape index (κ2) is 6.02. The van der Waals surface area contributed by atoms with Crippen molar-refractivity contribution in [3.8, 4) is 0 Å². The van der Waals surface area contributed by atoms with Gasteiger partial charge in [-0.15, -0.1) is 0 Å². The third kappa shape index (κ3) is 3.21. The lowest BCUT2D eigenvalue weighted by molar-refractivity contribution is 0.173. The predicted molar refractivity (Wildman–Crippen MR) is 69.7 cm³/mol. The number of hydrogen-bond donors (Lipinski definition) is 2. The van der Waals surface area contributed by atoms with E-state index in [-0.39, 0.29) is 0 Å². The molecule has 2 fully saturated rings. The molecule has 1 aliphatic heterocycles. The van der Waals surface area contributed by atoms with Gasteiger partial charge in [-0.2, -0.15) is 0 Å². The van der Waals surface area contributed by atoms with Gasteiger partial charge in [0.1, 0.15) is 0 Å². The highest BCUT2D eigenvalue weighted by Gasteiger charge is 2.30. The molecule has 0 amide bonds. The maximum Gasteiger partial charge on any atom is 0.00672 e. The van der Waals surface area contributed by atoms with E-state index in [4.69, 9.17) is 0 Å². The van der Waals surface area contributed by atoms with E-state index in [0.717, 1.165) is 6.04 Å². The molecule has 2 aliphatic rings. The Kier molecular flexibility index (Phi) is 4.66. The number of rotatable bonds is 4.